The highest BCUT2D eigenvalue weighted by Gasteiger charge is 2.28. The predicted molar refractivity (Wildman–Crippen MR) is 85.9 cm³/mol. The molecule has 1 aromatic carbocycles. The summed E-state index contributed by atoms with van der Waals surface area (Å²) in [6, 6.07) is 11.8. The van der Waals surface area contributed by atoms with Crippen LogP contribution in [0.25, 0.3) is 5.69 Å². The first kappa shape index (κ1) is 14.8. The highest BCUT2D eigenvalue weighted by Crippen LogP contribution is 2.12. The SMILES string of the molecule is CC1(C)CN(C(=O)Cc2ccn(-c3ccccc3)n2)CCN1. The lowest BCUT2D eigenvalue weighted by atomic mass is 10.0. The fourth-order valence-electron chi connectivity index (χ4n) is 2.80. The van der Waals surface area contributed by atoms with Gasteiger partial charge in [0.05, 0.1) is 17.8 Å². The number of hydrogen-bond donors (Lipinski definition) is 1. The minimum atomic E-state index is -0.0166. The molecule has 2 heterocycles. The molecule has 22 heavy (non-hydrogen) atoms. The molecule has 5 nitrogen and oxygen atoms in total. The summed E-state index contributed by atoms with van der Waals surface area (Å²) in [5.74, 6) is 0.146. The van der Waals surface area contributed by atoms with E-state index >= 15 is 0 Å². The average molecular weight is 298 g/mol. The molecule has 1 aliphatic rings. The summed E-state index contributed by atoms with van der Waals surface area (Å²) >= 11 is 0. The van der Waals surface area contributed by atoms with E-state index in [1.54, 1.807) is 0 Å². The second-order valence-corrected chi connectivity index (χ2v) is 6.39. The van der Waals surface area contributed by atoms with Crippen LogP contribution in [0.15, 0.2) is 42.6 Å². The Morgan fingerprint density at radius 2 is 2.05 bits per heavy atom. The second-order valence-electron chi connectivity index (χ2n) is 6.39. The van der Waals surface area contributed by atoms with Crippen LogP contribution in [-0.2, 0) is 11.2 Å². The van der Waals surface area contributed by atoms with Gasteiger partial charge in [-0.1, -0.05) is 18.2 Å². The van der Waals surface area contributed by atoms with Gasteiger partial charge < -0.3 is 10.2 Å². The van der Waals surface area contributed by atoms with Crippen molar-refractivity contribution < 1.29 is 4.79 Å². The zero-order valence-electron chi connectivity index (χ0n) is 13.1. The molecular weight excluding hydrogens is 276 g/mol. The molecule has 0 aliphatic carbocycles. The van der Waals surface area contributed by atoms with Gasteiger partial charge in [0.2, 0.25) is 5.91 Å². The smallest absolute Gasteiger partial charge is 0.228 e. The molecule has 1 fully saturated rings. The summed E-state index contributed by atoms with van der Waals surface area (Å²) in [5, 5.41) is 7.92. The van der Waals surface area contributed by atoms with Gasteiger partial charge in [-0.15, -0.1) is 0 Å². The minimum Gasteiger partial charge on any atom is -0.339 e. The molecule has 0 spiro atoms. The third-order valence-corrected chi connectivity index (χ3v) is 3.92. The summed E-state index contributed by atoms with van der Waals surface area (Å²) < 4.78 is 1.81. The Balaban J connectivity index is 1.66. The van der Waals surface area contributed by atoms with E-state index in [4.69, 9.17) is 0 Å². The molecule has 116 valence electrons. The Labute approximate surface area is 130 Å². The number of aromatic nitrogens is 2. The van der Waals surface area contributed by atoms with Crippen molar-refractivity contribution in [2.24, 2.45) is 0 Å². The molecule has 5 heteroatoms. The van der Waals surface area contributed by atoms with E-state index in [9.17, 15) is 4.79 Å². The van der Waals surface area contributed by atoms with Crippen LogP contribution in [0.2, 0.25) is 0 Å². The lowest BCUT2D eigenvalue weighted by Gasteiger charge is -2.39. The van der Waals surface area contributed by atoms with Gasteiger partial charge in [-0.2, -0.15) is 5.10 Å². The largest absolute Gasteiger partial charge is 0.339 e. The summed E-state index contributed by atoms with van der Waals surface area (Å²) in [7, 11) is 0. The van der Waals surface area contributed by atoms with Crippen molar-refractivity contribution in [1.82, 2.24) is 20.0 Å². The lowest BCUT2D eigenvalue weighted by Crippen LogP contribution is -2.58. The number of hydrogen-bond acceptors (Lipinski definition) is 3. The maximum atomic E-state index is 12.4. The van der Waals surface area contributed by atoms with Gasteiger partial charge in [0.25, 0.3) is 0 Å². The predicted octanol–water partition coefficient (Wildman–Crippen LogP) is 1.63. The number of amides is 1. The molecule has 0 unspecified atom stereocenters. The van der Waals surface area contributed by atoms with E-state index in [0.717, 1.165) is 31.0 Å². The van der Waals surface area contributed by atoms with Crippen molar-refractivity contribution in [2.75, 3.05) is 19.6 Å². The van der Waals surface area contributed by atoms with Crippen LogP contribution >= 0.6 is 0 Å². The third-order valence-electron chi connectivity index (χ3n) is 3.92. The highest BCUT2D eigenvalue weighted by atomic mass is 16.2. The van der Waals surface area contributed by atoms with Crippen LogP contribution in [-0.4, -0.2) is 45.8 Å². The number of carbonyl (C=O) groups is 1. The van der Waals surface area contributed by atoms with Crippen molar-refractivity contribution >= 4 is 5.91 Å². The summed E-state index contributed by atoms with van der Waals surface area (Å²) in [5.41, 5.74) is 1.80. The number of nitrogens with one attached hydrogen (secondary N) is 1. The molecule has 1 aromatic heterocycles. The zero-order chi connectivity index (χ0) is 15.6. The molecular formula is C17H22N4O. The molecule has 2 aromatic rings. The Bertz CT molecular complexity index is 648. The molecule has 1 saturated heterocycles. The van der Waals surface area contributed by atoms with Crippen molar-refractivity contribution in [1.29, 1.82) is 0 Å². The Morgan fingerprint density at radius 1 is 1.27 bits per heavy atom. The van der Waals surface area contributed by atoms with Gasteiger partial charge in [0, 0.05) is 31.4 Å². The van der Waals surface area contributed by atoms with E-state index in [1.807, 2.05) is 52.2 Å². The molecule has 1 aliphatic heterocycles. The lowest BCUT2D eigenvalue weighted by molar-refractivity contribution is -0.132. The second kappa shape index (κ2) is 5.93. The first-order chi connectivity index (χ1) is 10.5. The quantitative estimate of drug-likeness (QED) is 0.937. The van der Waals surface area contributed by atoms with Crippen molar-refractivity contribution in [3.05, 3.63) is 48.3 Å². The third kappa shape index (κ3) is 3.36. The van der Waals surface area contributed by atoms with Crippen LogP contribution in [0.5, 0.6) is 0 Å². The Hall–Kier alpha value is -2.14. The number of nitrogens with zero attached hydrogens (tertiary/aromatic N) is 3. The normalized spacial score (nSPS) is 17.5. The molecule has 3 rings (SSSR count). The minimum absolute atomic E-state index is 0.0166. The van der Waals surface area contributed by atoms with Crippen LogP contribution in [0.3, 0.4) is 0 Å². The number of rotatable bonds is 3. The number of benzene rings is 1. The fraction of sp³-hybridized carbons (Fsp3) is 0.412. The van der Waals surface area contributed by atoms with E-state index < -0.39 is 0 Å². The van der Waals surface area contributed by atoms with E-state index in [0.29, 0.717) is 6.42 Å². The Kier molecular flexibility index (Phi) is 3.98. The van der Waals surface area contributed by atoms with E-state index in [1.165, 1.54) is 0 Å². The maximum absolute atomic E-state index is 12.4. The van der Waals surface area contributed by atoms with Gasteiger partial charge in [-0.05, 0) is 32.0 Å². The monoisotopic (exact) mass is 298 g/mol. The average Bonchev–Trinajstić information content (AvgIpc) is 2.95. The fourth-order valence-corrected chi connectivity index (χ4v) is 2.80. The topological polar surface area (TPSA) is 50.2 Å². The van der Waals surface area contributed by atoms with Gasteiger partial charge in [0.15, 0.2) is 0 Å². The van der Waals surface area contributed by atoms with Crippen LogP contribution in [0.4, 0.5) is 0 Å². The molecule has 1 N–H and O–H groups in total. The molecule has 0 saturated carbocycles. The van der Waals surface area contributed by atoms with Crippen molar-refractivity contribution in [3.63, 3.8) is 0 Å². The van der Waals surface area contributed by atoms with Crippen molar-refractivity contribution in [3.8, 4) is 5.69 Å². The summed E-state index contributed by atoms with van der Waals surface area (Å²) in [6.45, 7) is 6.59. The zero-order valence-corrected chi connectivity index (χ0v) is 13.1. The molecule has 0 bridgehead atoms. The molecule has 0 atom stereocenters. The first-order valence-electron chi connectivity index (χ1n) is 7.66. The Morgan fingerprint density at radius 3 is 2.77 bits per heavy atom. The summed E-state index contributed by atoms with van der Waals surface area (Å²) in [6.07, 6.45) is 2.26. The van der Waals surface area contributed by atoms with Gasteiger partial charge >= 0.3 is 0 Å². The number of piperazine rings is 1. The maximum Gasteiger partial charge on any atom is 0.228 e. The first-order valence-corrected chi connectivity index (χ1v) is 7.66. The van der Waals surface area contributed by atoms with Gasteiger partial charge in [-0.25, -0.2) is 4.68 Å². The molecule has 1 amide bonds. The van der Waals surface area contributed by atoms with Crippen LogP contribution in [0.1, 0.15) is 19.5 Å². The van der Waals surface area contributed by atoms with E-state index in [2.05, 4.69) is 24.3 Å². The molecule has 0 radical (unpaired) electrons. The van der Waals surface area contributed by atoms with Crippen LogP contribution < -0.4 is 5.32 Å². The van der Waals surface area contributed by atoms with Gasteiger partial charge in [-0.3, -0.25) is 4.79 Å². The van der Waals surface area contributed by atoms with E-state index in [-0.39, 0.29) is 11.4 Å². The number of para-hydroxylation sites is 1. The standard InChI is InChI=1S/C17H22N4O/c1-17(2)13-20(11-9-18-17)16(22)12-14-8-10-21(19-14)15-6-4-3-5-7-15/h3-8,10,18H,9,11-13H2,1-2H3. The number of carbonyl (C=O) groups excluding carboxylic acids is 1. The highest BCUT2D eigenvalue weighted by molar-refractivity contribution is 5.78. The van der Waals surface area contributed by atoms with Crippen molar-refractivity contribution in [2.45, 2.75) is 25.8 Å². The van der Waals surface area contributed by atoms with Crippen LogP contribution in [0, 0.1) is 0 Å². The van der Waals surface area contributed by atoms with Gasteiger partial charge in [0.1, 0.15) is 0 Å². The summed E-state index contributed by atoms with van der Waals surface area (Å²) in [4.78, 5) is 14.4.